The molecular weight excluding hydrogens is 334 g/mol. The van der Waals surface area contributed by atoms with Gasteiger partial charge in [0.25, 0.3) is 5.91 Å². The van der Waals surface area contributed by atoms with Crippen molar-refractivity contribution in [1.82, 2.24) is 5.32 Å². The highest BCUT2D eigenvalue weighted by atomic mass is 16.5. The number of rotatable bonds is 7. The quantitative estimate of drug-likeness (QED) is 0.700. The summed E-state index contributed by atoms with van der Waals surface area (Å²) in [4.78, 5) is 36.7. The van der Waals surface area contributed by atoms with Gasteiger partial charge in [-0.05, 0) is 61.7 Å². The fraction of sp³-hybridized carbons (Fsp3) is 0.850. The summed E-state index contributed by atoms with van der Waals surface area (Å²) < 4.78 is 10.1. The van der Waals surface area contributed by atoms with Crippen LogP contribution in [0.3, 0.4) is 0 Å². The molecule has 0 aromatic heterocycles. The number of ether oxygens (including phenoxy) is 2. The van der Waals surface area contributed by atoms with Crippen LogP contribution in [0.4, 0.5) is 0 Å². The summed E-state index contributed by atoms with van der Waals surface area (Å²) in [5.41, 5.74) is 0. The van der Waals surface area contributed by atoms with Crippen LogP contribution in [0.1, 0.15) is 52.4 Å². The molecule has 4 aliphatic rings. The van der Waals surface area contributed by atoms with E-state index in [1.807, 2.05) is 13.8 Å². The average Bonchev–Trinajstić information content (AvgIpc) is 2.62. The van der Waals surface area contributed by atoms with Crippen LogP contribution in [-0.4, -0.2) is 37.6 Å². The number of carbonyl (C=O) groups is 3. The average molecular weight is 365 g/mol. The van der Waals surface area contributed by atoms with Crippen molar-refractivity contribution < 1.29 is 23.9 Å². The Morgan fingerprint density at radius 3 is 2.12 bits per heavy atom. The smallest absolute Gasteiger partial charge is 0.328 e. The van der Waals surface area contributed by atoms with Crippen LogP contribution in [0.15, 0.2) is 0 Å². The molecule has 0 heterocycles. The van der Waals surface area contributed by atoms with Gasteiger partial charge in [0.05, 0.1) is 13.0 Å². The van der Waals surface area contributed by atoms with Gasteiger partial charge in [0.15, 0.2) is 6.61 Å². The van der Waals surface area contributed by atoms with Gasteiger partial charge in [-0.2, -0.15) is 0 Å². The molecule has 4 rings (SSSR count). The minimum absolute atomic E-state index is 0.0402. The Morgan fingerprint density at radius 1 is 1.04 bits per heavy atom. The fourth-order valence-corrected chi connectivity index (χ4v) is 5.55. The fourth-order valence-electron chi connectivity index (χ4n) is 5.55. The van der Waals surface area contributed by atoms with Crippen LogP contribution < -0.4 is 5.32 Å². The minimum atomic E-state index is -0.711. The second-order valence-electron chi connectivity index (χ2n) is 8.52. The first-order valence-corrected chi connectivity index (χ1v) is 9.96. The third kappa shape index (κ3) is 3.89. The molecule has 0 aliphatic heterocycles. The van der Waals surface area contributed by atoms with Crippen molar-refractivity contribution >= 4 is 17.8 Å². The van der Waals surface area contributed by atoms with Crippen LogP contribution in [-0.2, 0) is 23.9 Å². The largest absolute Gasteiger partial charge is 0.467 e. The maximum atomic E-state index is 12.6. The molecule has 4 fully saturated rings. The number of methoxy groups -OCH3 is 1. The van der Waals surface area contributed by atoms with Gasteiger partial charge in [-0.1, -0.05) is 20.3 Å². The highest BCUT2D eigenvalue weighted by Crippen LogP contribution is 2.56. The molecule has 1 amide bonds. The Balaban J connectivity index is 1.51. The van der Waals surface area contributed by atoms with Crippen molar-refractivity contribution in [3.63, 3.8) is 0 Å². The highest BCUT2D eigenvalue weighted by molar-refractivity contribution is 5.86. The molecule has 4 bridgehead atoms. The SMILES string of the molecule is CC[C@@H](C)[C@H](NC(=O)COC(=O)C1C2CC3CC(C2)CC1C3)C(=O)OC. The molecule has 6 heteroatoms. The molecule has 0 spiro atoms. The van der Waals surface area contributed by atoms with Gasteiger partial charge < -0.3 is 14.8 Å². The molecule has 26 heavy (non-hydrogen) atoms. The number of carbonyl (C=O) groups excluding carboxylic acids is 3. The minimum Gasteiger partial charge on any atom is -0.467 e. The van der Waals surface area contributed by atoms with E-state index < -0.39 is 17.9 Å². The third-order valence-electron chi connectivity index (χ3n) is 6.83. The molecule has 0 aromatic carbocycles. The predicted molar refractivity (Wildman–Crippen MR) is 94.9 cm³/mol. The molecule has 0 aromatic rings. The van der Waals surface area contributed by atoms with Gasteiger partial charge in [0.2, 0.25) is 0 Å². The summed E-state index contributed by atoms with van der Waals surface area (Å²) in [5.74, 6) is 1.22. The Kier molecular flexibility index (Phi) is 5.88. The molecule has 6 nitrogen and oxygen atoms in total. The van der Waals surface area contributed by atoms with Crippen molar-refractivity contribution in [2.24, 2.45) is 35.5 Å². The molecule has 0 unspecified atom stereocenters. The summed E-state index contributed by atoms with van der Waals surface area (Å²) in [6, 6.07) is -0.711. The molecule has 0 radical (unpaired) electrons. The van der Waals surface area contributed by atoms with Gasteiger partial charge in [-0.15, -0.1) is 0 Å². The van der Waals surface area contributed by atoms with Gasteiger partial charge in [0, 0.05) is 0 Å². The summed E-state index contributed by atoms with van der Waals surface area (Å²) in [6.07, 6.45) is 6.61. The number of hydrogen-bond donors (Lipinski definition) is 1. The van der Waals surface area contributed by atoms with Crippen LogP contribution in [0.25, 0.3) is 0 Å². The van der Waals surface area contributed by atoms with E-state index in [9.17, 15) is 14.4 Å². The first-order chi connectivity index (χ1) is 12.4. The van der Waals surface area contributed by atoms with E-state index in [-0.39, 0.29) is 24.4 Å². The van der Waals surface area contributed by atoms with E-state index in [1.54, 1.807) is 0 Å². The number of amides is 1. The first kappa shape index (κ1) is 19.2. The van der Waals surface area contributed by atoms with Gasteiger partial charge in [-0.3, -0.25) is 9.59 Å². The Bertz CT molecular complexity index is 532. The van der Waals surface area contributed by atoms with E-state index >= 15 is 0 Å². The van der Waals surface area contributed by atoms with E-state index in [4.69, 9.17) is 9.47 Å². The first-order valence-electron chi connectivity index (χ1n) is 9.96. The topological polar surface area (TPSA) is 81.7 Å². The Labute approximate surface area is 155 Å². The lowest BCUT2D eigenvalue weighted by Gasteiger charge is -2.53. The van der Waals surface area contributed by atoms with Crippen molar-refractivity contribution in [3.8, 4) is 0 Å². The summed E-state index contributed by atoms with van der Waals surface area (Å²) >= 11 is 0. The third-order valence-corrected chi connectivity index (χ3v) is 6.83. The molecule has 1 N–H and O–H groups in total. The van der Waals surface area contributed by atoms with Crippen molar-refractivity contribution in [2.75, 3.05) is 13.7 Å². The maximum absolute atomic E-state index is 12.6. The van der Waals surface area contributed by atoms with E-state index in [1.165, 1.54) is 13.5 Å². The number of nitrogens with one attached hydrogen (secondary N) is 1. The molecule has 4 aliphatic carbocycles. The Hall–Kier alpha value is -1.59. The molecule has 2 atom stereocenters. The lowest BCUT2D eigenvalue weighted by atomic mass is 9.52. The highest BCUT2D eigenvalue weighted by Gasteiger charge is 2.51. The van der Waals surface area contributed by atoms with Crippen LogP contribution in [0.5, 0.6) is 0 Å². The van der Waals surface area contributed by atoms with Crippen molar-refractivity contribution in [3.05, 3.63) is 0 Å². The van der Waals surface area contributed by atoms with Gasteiger partial charge in [0.1, 0.15) is 6.04 Å². The zero-order chi connectivity index (χ0) is 18.8. The van der Waals surface area contributed by atoms with Gasteiger partial charge >= 0.3 is 11.9 Å². The summed E-state index contributed by atoms with van der Waals surface area (Å²) in [7, 11) is 1.30. The van der Waals surface area contributed by atoms with Crippen molar-refractivity contribution in [2.45, 2.75) is 58.4 Å². The van der Waals surface area contributed by atoms with Crippen molar-refractivity contribution in [1.29, 1.82) is 0 Å². The van der Waals surface area contributed by atoms with Gasteiger partial charge in [-0.25, -0.2) is 4.79 Å². The van der Waals surface area contributed by atoms with E-state index in [0.717, 1.165) is 43.9 Å². The monoisotopic (exact) mass is 365 g/mol. The zero-order valence-corrected chi connectivity index (χ0v) is 16.0. The normalized spacial score (nSPS) is 34.0. The van der Waals surface area contributed by atoms with E-state index in [0.29, 0.717) is 11.8 Å². The van der Waals surface area contributed by atoms with Crippen LogP contribution in [0.2, 0.25) is 0 Å². The summed E-state index contributed by atoms with van der Waals surface area (Å²) in [6.45, 7) is 3.49. The lowest BCUT2D eigenvalue weighted by molar-refractivity contribution is -0.165. The molecular formula is C20H31NO5. The lowest BCUT2D eigenvalue weighted by Crippen LogP contribution is -2.50. The predicted octanol–water partition coefficient (Wildman–Crippen LogP) is 2.31. The summed E-state index contributed by atoms with van der Waals surface area (Å²) in [5, 5.41) is 2.65. The van der Waals surface area contributed by atoms with Crippen LogP contribution >= 0.6 is 0 Å². The molecule has 146 valence electrons. The molecule has 4 saturated carbocycles. The number of hydrogen-bond acceptors (Lipinski definition) is 5. The molecule has 0 saturated heterocycles. The maximum Gasteiger partial charge on any atom is 0.328 e. The second-order valence-corrected chi connectivity index (χ2v) is 8.52. The second kappa shape index (κ2) is 7.97. The number of esters is 2. The zero-order valence-electron chi connectivity index (χ0n) is 16.0. The standard InChI is InChI=1S/C20H31NO5/c1-4-11(2)18(20(24)25-3)21-16(22)10-26-19(23)17-14-6-12-5-13(8-14)9-15(17)7-12/h11-15,17-18H,4-10H2,1-3H3,(H,21,22)/t11-,12?,13?,14?,15?,17?,18+/m1/s1. The Morgan fingerprint density at radius 2 is 1.62 bits per heavy atom. The van der Waals surface area contributed by atoms with Crippen LogP contribution in [0, 0.1) is 35.5 Å². The van der Waals surface area contributed by atoms with E-state index in [2.05, 4.69) is 5.32 Å².